The smallest absolute Gasteiger partial charge is 0.162 e. The highest BCUT2D eigenvalue weighted by atomic mass is 16.5. The predicted molar refractivity (Wildman–Crippen MR) is 184 cm³/mol. The fraction of sp³-hybridized carbons (Fsp3) is 0.525. The van der Waals surface area contributed by atoms with Crippen LogP contribution in [0.4, 0.5) is 0 Å². The summed E-state index contributed by atoms with van der Waals surface area (Å²) in [7, 11) is 0. The fourth-order valence-electron chi connectivity index (χ4n) is 4.89. The van der Waals surface area contributed by atoms with Crippen LogP contribution < -0.4 is 0 Å². The highest BCUT2D eigenvalue weighted by Crippen LogP contribution is 2.30. The first-order valence-electron chi connectivity index (χ1n) is 16.7. The standard InChI is InChI=1S/C35H46O2.C3H8.C2H6/c1-5-17-32(37-34(29-18-11-9-12-19-29)30-20-13-10-14-21-30)22-15-7-6-8-16-23-33(36)28-24-26-31(27-25-28)35(2,3)4;1-3-2;1-2/h9-14,18-21,24-27,32,34H,5-8,15-17,22-23H2,1-4H3;3H2,1-2H3;1-2H3. The number of carbonyl (C=O) groups excluding carboxylic acids is 1. The van der Waals surface area contributed by atoms with Gasteiger partial charge >= 0.3 is 0 Å². The van der Waals surface area contributed by atoms with E-state index in [9.17, 15) is 4.79 Å². The van der Waals surface area contributed by atoms with Crippen molar-refractivity contribution in [2.24, 2.45) is 0 Å². The van der Waals surface area contributed by atoms with Gasteiger partial charge in [0.2, 0.25) is 0 Å². The molecule has 0 fully saturated rings. The lowest BCUT2D eigenvalue weighted by Gasteiger charge is -2.26. The molecule has 42 heavy (non-hydrogen) atoms. The Bertz CT molecular complexity index is 1010. The van der Waals surface area contributed by atoms with E-state index in [0.29, 0.717) is 6.42 Å². The van der Waals surface area contributed by atoms with Crippen molar-refractivity contribution in [2.45, 2.75) is 137 Å². The van der Waals surface area contributed by atoms with E-state index < -0.39 is 0 Å². The van der Waals surface area contributed by atoms with Gasteiger partial charge in [0.05, 0.1) is 6.10 Å². The summed E-state index contributed by atoms with van der Waals surface area (Å²) in [5.74, 6) is 0.268. The van der Waals surface area contributed by atoms with Crippen LogP contribution in [-0.4, -0.2) is 11.9 Å². The summed E-state index contributed by atoms with van der Waals surface area (Å²) >= 11 is 0. The first-order chi connectivity index (χ1) is 20.3. The van der Waals surface area contributed by atoms with Gasteiger partial charge in [-0.3, -0.25) is 4.79 Å². The van der Waals surface area contributed by atoms with Gasteiger partial charge in [0.15, 0.2) is 5.78 Å². The van der Waals surface area contributed by atoms with Gasteiger partial charge in [-0.2, -0.15) is 0 Å². The van der Waals surface area contributed by atoms with E-state index in [2.05, 4.69) is 114 Å². The number of hydrogen-bond donors (Lipinski definition) is 0. The van der Waals surface area contributed by atoms with Crippen LogP contribution in [0.5, 0.6) is 0 Å². The van der Waals surface area contributed by atoms with E-state index in [1.165, 1.54) is 42.4 Å². The third kappa shape index (κ3) is 14.5. The molecule has 2 heteroatoms. The molecule has 0 saturated heterocycles. The van der Waals surface area contributed by atoms with Crippen molar-refractivity contribution in [1.29, 1.82) is 0 Å². The number of ether oxygens (including phenoxy) is 1. The molecule has 0 heterocycles. The number of benzene rings is 3. The Labute approximate surface area is 259 Å². The topological polar surface area (TPSA) is 26.3 Å². The molecule has 3 rings (SSSR count). The highest BCUT2D eigenvalue weighted by molar-refractivity contribution is 5.96. The van der Waals surface area contributed by atoms with E-state index in [1.807, 2.05) is 26.0 Å². The normalized spacial score (nSPS) is 11.6. The van der Waals surface area contributed by atoms with Crippen molar-refractivity contribution in [3.8, 4) is 0 Å². The summed E-state index contributed by atoms with van der Waals surface area (Å²) in [5, 5.41) is 0. The molecule has 0 spiro atoms. The summed E-state index contributed by atoms with van der Waals surface area (Å²) in [6, 6.07) is 29.4. The van der Waals surface area contributed by atoms with Crippen molar-refractivity contribution in [2.75, 3.05) is 0 Å². The van der Waals surface area contributed by atoms with Crippen molar-refractivity contribution >= 4 is 5.78 Å². The molecular formula is C40H60O2. The number of Topliss-reactive ketones (excluding diaryl/α,β-unsaturated/α-hetero) is 1. The Morgan fingerprint density at radius 3 is 1.62 bits per heavy atom. The van der Waals surface area contributed by atoms with Crippen LogP contribution in [0, 0.1) is 0 Å². The molecule has 0 saturated carbocycles. The Kier molecular flexibility index (Phi) is 19.5. The zero-order valence-corrected chi connectivity index (χ0v) is 28.1. The molecule has 3 aromatic carbocycles. The number of ketones is 1. The molecule has 0 radical (unpaired) electrons. The minimum atomic E-state index is -0.0255. The van der Waals surface area contributed by atoms with Gasteiger partial charge in [-0.05, 0) is 41.4 Å². The molecule has 0 N–H and O–H groups in total. The molecule has 1 atom stereocenters. The quantitative estimate of drug-likeness (QED) is 0.134. The van der Waals surface area contributed by atoms with Gasteiger partial charge in [-0.25, -0.2) is 0 Å². The Morgan fingerprint density at radius 1 is 0.667 bits per heavy atom. The van der Waals surface area contributed by atoms with Gasteiger partial charge in [0.1, 0.15) is 6.10 Å². The average Bonchev–Trinajstić information content (AvgIpc) is 3.01. The van der Waals surface area contributed by atoms with Gasteiger partial charge in [-0.15, -0.1) is 0 Å². The first-order valence-corrected chi connectivity index (χ1v) is 16.7. The van der Waals surface area contributed by atoms with E-state index in [-0.39, 0.29) is 23.4 Å². The second-order valence-electron chi connectivity index (χ2n) is 12.0. The van der Waals surface area contributed by atoms with E-state index in [4.69, 9.17) is 4.74 Å². The third-order valence-corrected chi connectivity index (χ3v) is 7.15. The monoisotopic (exact) mass is 572 g/mol. The van der Waals surface area contributed by atoms with Crippen molar-refractivity contribution in [3.63, 3.8) is 0 Å². The summed E-state index contributed by atoms with van der Waals surface area (Å²) in [6.07, 6.45) is 11.0. The van der Waals surface area contributed by atoms with Crippen LogP contribution in [0.2, 0.25) is 0 Å². The SMILES string of the molecule is CC.CCC.CCCC(CCCCCCCC(=O)c1ccc(C(C)(C)C)cc1)OC(c1ccccc1)c1ccccc1. The molecule has 3 aromatic rings. The van der Waals surface area contributed by atoms with Crippen LogP contribution in [0.1, 0.15) is 153 Å². The van der Waals surface area contributed by atoms with Crippen LogP contribution in [0.15, 0.2) is 84.9 Å². The Balaban J connectivity index is 0.00000165. The summed E-state index contributed by atoms with van der Waals surface area (Å²) in [4.78, 5) is 12.6. The maximum absolute atomic E-state index is 12.6. The molecule has 0 aliphatic carbocycles. The number of unbranched alkanes of at least 4 members (excludes halogenated alkanes) is 4. The zero-order chi connectivity index (χ0) is 31.2. The minimum absolute atomic E-state index is 0.0255. The first kappa shape index (κ1) is 37.3. The summed E-state index contributed by atoms with van der Waals surface area (Å²) < 4.78 is 6.76. The molecule has 0 aromatic heterocycles. The van der Waals surface area contributed by atoms with E-state index in [0.717, 1.165) is 37.7 Å². The Morgan fingerprint density at radius 2 is 1.14 bits per heavy atom. The van der Waals surface area contributed by atoms with Gasteiger partial charge in [-0.1, -0.05) is 179 Å². The van der Waals surface area contributed by atoms with E-state index in [1.54, 1.807) is 0 Å². The molecule has 0 bridgehead atoms. The van der Waals surface area contributed by atoms with Crippen LogP contribution in [0.25, 0.3) is 0 Å². The lowest BCUT2D eigenvalue weighted by molar-refractivity contribution is -0.00299. The fourth-order valence-corrected chi connectivity index (χ4v) is 4.89. The molecule has 2 nitrogen and oxygen atoms in total. The second-order valence-corrected chi connectivity index (χ2v) is 12.0. The third-order valence-electron chi connectivity index (χ3n) is 7.15. The van der Waals surface area contributed by atoms with Gasteiger partial charge < -0.3 is 4.74 Å². The predicted octanol–water partition coefficient (Wildman–Crippen LogP) is 12.3. The zero-order valence-electron chi connectivity index (χ0n) is 28.1. The Hall–Kier alpha value is -2.71. The minimum Gasteiger partial charge on any atom is -0.366 e. The van der Waals surface area contributed by atoms with Gasteiger partial charge in [0.25, 0.3) is 0 Å². The average molecular weight is 573 g/mol. The molecule has 1 unspecified atom stereocenters. The van der Waals surface area contributed by atoms with E-state index >= 15 is 0 Å². The maximum Gasteiger partial charge on any atom is 0.162 e. The van der Waals surface area contributed by atoms with Crippen LogP contribution in [0.3, 0.4) is 0 Å². The largest absolute Gasteiger partial charge is 0.366 e. The van der Waals surface area contributed by atoms with Gasteiger partial charge in [0, 0.05) is 12.0 Å². The lowest BCUT2D eigenvalue weighted by Crippen LogP contribution is -2.18. The van der Waals surface area contributed by atoms with Crippen molar-refractivity contribution in [1.82, 2.24) is 0 Å². The lowest BCUT2D eigenvalue weighted by atomic mass is 9.86. The summed E-state index contributed by atoms with van der Waals surface area (Å²) in [5.41, 5.74) is 4.67. The number of carbonyl (C=O) groups is 1. The van der Waals surface area contributed by atoms with Crippen molar-refractivity contribution in [3.05, 3.63) is 107 Å². The van der Waals surface area contributed by atoms with Crippen molar-refractivity contribution < 1.29 is 9.53 Å². The second kappa shape index (κ2) is 21.9. The molecule has 0 aliphatic rings. The number of hydrogen-bond acceptors (Lipinski definition) is 2. The molecule has 0 amide bonds. The maximum atomic E-state index is 12.6. The highest BCUT2D eigenvalue weighted by Gasteiger charge is 2.20. The molecular weight excluding hydrogens is 512 g/mol. The van der Waals surface area contributed by atoms with Crippen LogP contribution >= 0.6 is 0 Å². The molecule has 0 aliphatic heterocycles. The number of rotatable bonds is 15. The van der Waals surface area contributed by atoms with Crippen LogP contribution in [-0.2, 0) is 10.2 Å². The molecule has 232 valence electrons. The summed E-state index contributed by atoms with van der Waals surface area (Å²) in [6.45, 7) is 17.1.